The third-order valence-corrected chi connectivity index (χ3v) is 3.72. The van der Waals surface area contributed by atoms with E-state index in [1.54, 1.807) is 0 Å². The van der Waals surface area contributed by atoms with Gasteiger partial charge in [-0.25, -0.2) is 0 Å². The monoisotopic (exact) mass is 298 g/mol. The average Bonchev–Trinajstić information content (AvgIpc) is 2.33. The summed E-state index contributed by atoms with van der Waals surface area (Å²) in [5.41, 5.74) is 7.07. The molecule has 1 atom stereocenters. The summed E-state index contributed by atoms with van der Waals surface area (Å²) in [6.45, 7) is 5.15. The van der Waals surface area contributed by atoms with Gasteiger partial charge >= 0.3 is 0 Å². The molecule has 0 amide bonds. The topological polar surface area (TPSA) is 29.3 Å². The number of halogens is 1. The van der Waals surface area contributed by atoms with Gasteiger partial charge in [-0.1, -0.05) is 41.4 Å². The molecule has 1 rings (SSSR count). The number of benzene rings is 1. The maximum atomic E-state index is 5.71. The van der Waals surface area contributed by atoms with Crippen LogP contribution in [0.5, 0.6) is 0 Å². The van der Waals surface area contributed by atoms with Crippen molar-refractivity contribution >= 4 is 15.9 Å². The molecule has 0 aromatic heterocycles. The van der Waals surface area contributed by atoms with Crippen LogP contribution in [0.25, 0.3) is 0 Å². The predicted octanol–water partition coefficient (Wildman–Crippen LogP) is 3.26. The molecule has 0 radical (unpaired) electrons. The highest BCUT2D eigenvalue weighted by atomic mass is 79.9. The highest BCUT2D eigenvalue weighted by Crippen LogP contribution is 2.13. The van der Waals surface area contributed by atoms with Crippen LogP contribution >= 0.6 is 15.9 Å². The van der Waals surface area contributed by atoms with Gasteiger partial charge in [-0.2, -0.15) is 0 Å². The first kappa shape index (κ1) is 14.7. The Morgan fingerprint density at radius 1 is 1.29 bits per heavy atom. The van der Waals surface area contributed by atoms with Gasteiger partial charge < -0.3 is 10.6 Å². The smallest absolute Gasteiger partial charge is 0.0230 e. The highest BCUT2D eigenvalue weighted by molar-refractivity contribution is 9.10. The van der Waals surface area contributed by atoms with Gasteiger partial charge in [0.05, 0.1) is 0 Å². The van der Waals surface area contributed by atoms with Crippen molar-refractivity contribution in [1.29, 1.82) is 0 Å². The van der Waals surface area contributed by atoms with E-state index in [2.05, 4.69) is 59.1 Å². The summed E-state index contributed by atoms with van der Waals surface area (Å²) < 4.78 is 1.14. The van der Waals surface area contributed by atoms with Crippen LogP contribution in [0.1, 0.15) is 25.3 Å². The van der Waals surface area contributed by atoms with Crippen molar-refractivity contribution in [3.05, 3.63) is 34.3 Å². The van der Waals surface area contributed by atoms with E-state index in [0.717, 1.165) is 24.1 Å². The van der Waals surface area contributed by atoms with Gasteiger partial charge in [-0.15, -0.1) is 0 Å². The molecule has 17 heavy (non-hydrogen) atoms. The summed E-state index contributed by atoms with van der Waals surface area (Å²) in [4.78, 5) is 2.36. The fourth-order valence-corrected chi connectivity index (χ4v) is 2.14. The number of nitrogens with zero attached hydrogens (tertiary/aromatic N) is 1. The summed E-state index contributed by atoms with van der Waals surface area (Å²) in [6.07, 6.45) is 2.38. The van der Waals surface area contributed by atoms with Crippen molar-refractivity contribution in [3.8, 4) is 0 Å². The summed E-state index contributed by atoms with van der Waals surface area (Å²) >= 11 is 3.45. The normalized spacial score (nSPS) is 13.0. The van der Waals surface area contributed by atoms with Gasteiger partial charge in [-0.05, 0) is 50.2 Å². The molecular weight excluding hydrogens is 276 g/mol. The molecule has 2 N–H and O–H groups in total. The molecule has 2 nitrogen and oxygen atoms in total. The minimum atomic E-state index is 0.669. The van der Waals surface area contributed by atoms with Crippen LogP contribution in [0.3, 0.4) is 0 Å². The molecule has 0 saturated heterocycles. The van der Waals surface area contributed by atoms with Crippen molar-refractivity contribution in [2.45, 2.75) is 26.3 Å². The minimum absolute atomic E-state index is 0.669. The van der Waals surface area contributed by atoms with E-state index in [1.807, 2.05) is 0 Å². The van der Waals surface area contributed by atoms with Crippen molar-refractivity contribution in [2.75, 3.05) is 20.1 Å². The van der Waals surface area contributed by atoms with Crippen LogP contribution in [-0.2, 0) is 6.54 Å². The maximum absolute atomic E-state index is 5.71. The summed E-state index contributed by atoms with van der Waals surface area (Å²) in [5, 5.41) is 0. The third kappa shape index (κ3) is 5.66. The lowest BCUT2D eigenvalue weighted by Gasteiger charge is -2.20. The molecule has 0 aliphatic rings. The zero-order chi connectivity index (χ0) is 12.7. The van der Waals surface area contributed by atoms with Gasteiger partial charge in [0.1, 0.15) is 0 Å². The van der Waals surface area contributed by atoms with Crippen LogP contribution < -0.4 is 5.73 Å². The van der Waals surface area contributed by atoms with Gasteiger partial charge in [0.15, 0.2) is 0 Å². The fourth-order valence-electron chi connectivity index (χ4n) is 1.87. The minimum Gasteiger partial charge on any atom is -0.330 e. The van der Waals surface area contributed by atoms with Gasteiger partial charge in [0, 0.05) is 11.0 Å². The molecule has 0 spiro atoms. The van der Waals surface area contributed by atoms with Gasteiger partial charge in [-0.3, -0.25) is 0 Å². The van der Waals surface area contributed by atoms with E-state index < -0.39 is 0 Å². The molecule has 1 aromatic carbocycles. The Morgan fingerprint density at radius 2 is 1.94 bits per heavy atom. The Kier molecular flexibility index (Phi) is 6.78. The van der Waals surface area contributed by atoms with Crippen molar-refractivity contribution < 1.29 is 0 Å². The van der Waals surface area contributed by atoms with Crippen LogP contribution in [0.15, 0.2) is 28.7 Å². The Morgan fingerprint density at radius 3 is 2.47 bits per heavy atom. The predicted molar refractivity (Wildman–Crippen MR) is 77.9 cm³/mol. The van der Waals surface area contributed by atoms with E-state index in [-0.39, 0.29) is 0 Å². The Labute approximate surface area is 113 Å². The molecule has 96 valence electrons. The SMILES string of the molecule is CCC(CN)CCN(C)Cc1ccc(Br)cc1. The molecule has 0 fully saturated rings. The van der Waals surface area contributed by atoms with E-state index in [0.29, 0.717) is 5.92 Å². The quantitative estimate of drug-likeness (QED) is 0.837. The van der Waals surface area contributed by atoms with E-state index >= 15 is 0 Å². The average molecular weight is 299 g/mol. The highest BCUT2D eigenvalue weighted by Gasteiger charge is 2.06. The van der Waals surface area contributed by atoms with Crippen molar-refractivity contribution in [3.63, 3.8) is 0 Å². The molecule has 0 saturated carbocycles. The third-order valence-electron chi connectivity index (χ3n) is 3.20. The molecule has 0 aliphatic heterocycles. The lowest BCUT2D eigenvalue weighted by molar-refractivity contribution is 0.292. The Hall–Kier alpha value is -0.380. The first-order chi connectivity index (χ1) is 8.15. The summed E-state index contributed by atoms with van der Waals surface area (Å²) in [7, 11) is 2.17. The fraction of sp³-hybridized carbons (Fsp3) is 0.571. The largest absolute Gasteiger partial charge is 0.330 e. The lowest BCUT2D eigenvalue weighted by atomic mass is 10.0. The van der Waals surface area contributed by atoms with E-state index in [4.69, 9.17) is 5.73 Å². The Bertz CT molecular complexity index is 307. The second-order valence-corrected chi connectivity index (χ2v) is 5.58. The van der Waals surface area contributed by atoms with Crippen molar-refractivity contribution in [1.82, 2.24) is 4.90 Å². The molecule has 0 heterocycles. The second kappa shape index (κ2) is 7.85. The first-order valence-electron chi connectivity index (χ1n) is 6.28. The number of nitrogens with two attached hydrogens (primary N) is 1. The molecule has 0 bridgehead atoms. The van der Waals surface area contributed by atoms with E-state index in [1.165, 1.54) is 18.4 Å². The number of rotatable bonds is 7. The molecular formula is C14H23BrN2. The summed E-state index contributed by atoms with van der Waals surface area (Å²) in [6, 6.07) is 8.53. The number of hydrogen-bond donors (Lipinski definition) is 1. The van der Waals surface area contributed by atoms with Gasteiger partial charge in [0.25, 0.3) is 0 Å². The lowest BCUT2D eigenvalue weighted by Crippen LogP contribution is -2.24. The molecule has 1 unspecified atom stereocenters. The zero-order valence-corrected chi connectivity index (χ0v) is 12.4. The van der Waals surface area contributed by atoms with Crippen LogP contribution in [0.4, 0.5) is 0 Å². The van der Waals surface area contributed by atoms with E-state index in [9.17, 15) is 0 Å². The first-order valence-corrected chi connectivity index (χ1v) is 7.08. The van der Waals surface area contributed by atoms with Crippen LogP contribution in [0, 0.1) is 5.92 Å². The van der Waals surface area contributed by atoms with Crippen molar-refractivity contribution in [2.24, 2.45) is 11.7 Å². The van der Waals surface area contributed by atoms with Crippen LogP contribution in [-0.4, -0.2) is 25.0 Å². The maximum Gasteiger partial charge on any atom is 0.0230 e. The summed E-state index contributed by atoms with van der Waals surface area (Å²) in [5.74, 6) is 0.669. The molecule has 1 aromatic rings. The number of hydrogen-bond acceptors (Lipinski definition) is 2. The second-order valence-electron chi connectivity index (χ2n) is 4.66. The zero-order valence-electron chi connectivity index (χ0n) is 10.8. The molecule has 0 aliphatic carbocycles. The van der Waals surface area contributed by atoms with Crippen LogP contribution in [0.2, 0.25) is 0 Å². The standard InChI is InChI=1S/C14H23BrN2/c1-3-12(10-16)8-9-17(2)11-13-4-6-14(15)7-5-13/h4-7,12H,3,8-11,16H2,1-2H3. The molecule has 3 heteroatoms. The Balaban J connectivity index is 2.34. The van der Waals surface area contributed by atoms with Gasteiger partial charge in [0.2, 0.25) is 0 Å².